The van der Waals surface area contributed by atoms with E-state index in [1.54, 1.807) is 12.1 Å². The summed E-state index contributed by atoms with van der Waals surface area (Å²) in [6.07, 6.45) is 2.37. The third-order valence-electron chi connectivity index (χ3n) is 5.51. The van der Waals surface area contributed by atoms with Crippen LogP contribution in [0, 0.1) is 23.1 Å². The Morgan fingerprint density at radius 2 is 1.73 bits per heavy atom. The van der Waals surface area contributed by atoms with Gasteiger partial charge in [0.2, 0.25) is 0 Å². The molecule has 2 fully saturated rings. The van der Waals surface area contributed by atoms with Crippen LogP contribution in [0.15, 0.2) is 24.3 Å². The second kappa shape index (κ2) is 6.19. The number of nitrogens with zero attached hydrogens (tertiary/aromatic N) is 2. The average molecular weight is 304 g/mol. The maximum atomic E-state index is 13.8. The first kappa shape index (κ1) is 15.8. The van der Waals surface area contributed by atoms with E-state index in [2.05, 4.69) is 30.6 Å². The largest absolute Gasteiger partial charge is 0.369 e. The first-order valence-corrected chi connectivity index (χ1v) is 8.65. The van der Waals surface area contributed by atoms with Crippen LogP contribution in [0.3, 0.4) is 0 Å². The fraction of sp³-hybridized carbons (Fsp3) is 0.684. The number of piperidine rings is 1. The molecule has 0 atom stereocenters. The van der Waals surface area contributed by atoms with Crippen LogP contribution in [0.2, 0.25) is 0 Å². The Balaban J connectivity index is 1.44. The molecule has 1 aromatic carbocycles. The Morgan fingerprint density at radius 1 is 1.09 bits per heavy atom. The van der Waals surface area contributed by atoms with E-state index in [9.17, 15) is 4.39 Å². The smallest absolute Gasteiger partial charge is 0.146 e. The minimum atomic E-state index is -0.0864. The number of likely N-dealkylation sites (tertiary alicyclic amines) is 1. The van der Waals surface area contributed by atoms with Crippen molar-refractivity contribution >= 4 is 5.69 Å². The second-order valence-corrected chi connectivity index (χ2v) is 8.16. The van der Waals surface area contributed by atoms with E-state index in [1.807, 2.05) is 12.1 Å². The summed E-state index contributed by atoms with van der Waals surface area (Å²) in [4.78, 5) is 4.82. The molecule has 2 heterocycles. The Kier molecular flexibility index (Phi) is 4.44. The lowest BCUT2D eigenvalue weighted by atomic mass is 9.75. The van der Waals surface area contributed by atoms with Crippen molar-refractivity contribution in [3.8, 4) is 0 Å². The van der Waals surface area contributed by atoms with Crippen molar-refractivity contribution in [2.75, 3.05) is 37.6 Å². The molecule has 0 unspecified atom stereocenters. The van der Waals surface area contributed by atoms with Crippen molar-refractivity contribution in [2.45, 2.75) is 33.6 Å². The molecule has 2 nitrogen and oxygen atoms in total. The van der Waals surface area contributed by atoms with Crippen LogP contribution < -0.4 is 4.90 Å². The van der Waals surface area contributed by atoms with Gasteiger partial charge in [-0.2, -0.15) is 0 Å². The highest BCUT2D eigenvalue weighted by atomic mass is 19.1. The van der Waals surface area contributed by atoms with Crippen molar-refractivity contribution < 1.29 is 4.39 Å². The summed E-state index contributed by atoms with van der Waals surface area (Å²) < 4.78 is 13.8. The molecule has 0 aromatic heterocycles. The van der Waals surface area contributed by atoms with Gasteiger partial charge >= 0.3 is 0 Å². The Morgan fingerprint density at radius 3 is 2.32 bits per heavy atom. The number of halogens is 1. The Bertz CT molecular complexity index is 494. The highest BCUT2D eigenvalue weighted by Gasteiger charge is 2.36. The molecule has 22 heavy (non-hydrogen) atoms. The van der Waals surface area contributed by atoms with Crippen molar-refractivity contribution in [3.63, 3.8) is 0 Å². The number of rotatable bonds is 3. The number of hydrogen-bond donors (Lipinski definition) is 0. The zero-order valence-corrected chi connectivity index (χ0v) is 14.2. The topological polar surface area (TPSA) is 6.48 Å². The predicted molar refractivity (Wildman–Crippen MR) is 90.7 cm³/mol. The number of para-hydroxylation sites is 1. The molecule has 2 aliphatic rings. The molecule has 3 rings (SSSR count). The summed E-state index contributed by atoms with van der Waals surface area (Å²) in [7, 11) is 0. The van der Waals surface area contributed by atoms with E-state index in [0.29, 0.717) is 5.41 Å². The van der Waals surface area contributed by atoms with E-state index in [0.717, 1.165) is 30.6 Å². The van der Waals surface area contributed by atoms with Gasteiger partial charge in [-0.3, -0.25) is 0 Å². The number of anilines is 1. The first-order valence-electron chi connectivity index (χ1n) is 8.65. The van der Waals surface area contributed by atoms with Crippen LogP contribution in [0.5, 0.6) is 0 Å². The minimum absolute atomic E-state index is 0.0864. The van der Waals surface area contributed by atoms with Gasteiger partial charge in [0.1, 0.15) is 5.82 Å². The fourth-order valence-corrected chi connectivity index (χ4v) is 3.70. The molecular weight excluding hydrogens is 275 g/mol. The third-order valence-corrected chi connectivity index (χ3v) is 5.51. The van der Waals surface area contributed by atoms with Crippen LogP contribution in [-0.4, -0.2) is 37.6 Å². The summed E-state index contributed by atoms with van der Waals surface area (Å²) in [6, 6.07) is 7.16. The Labute approximate surface area is 134 Å². The molecule has 0 saturated carbocycles. The molecule has 2 saturated heterocycles. The van der Waals surface area contributed by atoms with Gasteiger partial charge in [-0.15, -0.1) is 0 Å². The van der Waals surface area contributed by atoms with Crippen molar-refractivity contribution in [3.05, 3.63) is 30.1 Å². The van der Waals surface area contributed by atoms with Crippen LogP contribution in [0.1, 0.15) is 33.6 Å². The highest BCUT2D eigenvalue weighted by Crippen LogP contribution is 2.35. The number of hydrogen-bond acceptors (Lipinski definition) is 2. The standard InChI is InChI=1S/C19H29FN2/c1-19(2,3)16-13-21(14-16)12-15-8-10-22(11-9-15)18-7-5-4-6-17(18)20/h4-7,15-16H,8-14H2,1-3H3. The van der Waals surface area contributed by atoms with Crippen LogP contribution in [-0.2, 0) is 0 Å². The molecule has 0 spiro atoms. The van der Waals surface area contributed by atoms with Gasteiger partial charge in [-0.1, -0.05) is 32.9 Å². The molecule has 0 radical (unpaired) electrons. The highest BCUT2D eigenvalue weighted by molar-refractivity contribution is 5.47. The van der Waals surface area contributed by atoms with Gasteiger partial charge in [0, 0.05) is 32.7 Å². The molecule has 3 heteroatoms. The fourth-order valence-electron chi connectivity index (χ4n) is 3.70. The van der Waals surface area contributed by atoms with Gasteiger partial charge in [0.15, 0.2) is 0 Å². The van der Waals surface area contributed by atoms with E-state index in [-0.39, 0.29) is 5.82 Å². The average Bonchev–Trinajstić information content (AvgIpc) is 2.42. The second-order valence-electron chi connectivity index (χ2n) is 8.16. The van der Waals surface area contributed by atoms with E-state index in [4.69, 9.17) is 0 Å². The van der Waals surface area contributed by atoms with E-state index in [1.165, 1.54) is 32.5 Å². The maximum Gasteiger partial charge on any atom is 0.146 e. The first-order chi connectivity index (χ1) is 10.4. The van der Waals surface area contributed by atoms with Gasteiger partial charge in [0.05, 0.1) is 5.69 Å². The van der Waals surface area contributed by atoms with Crippen molar-refractivity contribution in [1.29, 1.82) is 0 Å². The lowest BCUT2D eigenvalue weighted by Crippen LogP contribution is -2.54. The quantitative estimate of drug-likeness (QED) is 0.832. The summed E-state index contributed by atoms with van der Waals surface area (Å²) in [5.74, 6) is 1.55. The molecule has 122 valence electrons. The molecule has 0 aliphatic carbocycles. The lowest BCUT2D eigenvalue weighted by Gasteiger charge is -2.48. The molecule has 2 aliphatic heterocycles. The van der Waals surface area contributed by atoms with Crippen molar-refractivity contribution in [2.24, 2.45) is 17.3 Å². The Hall–Kier alpha value is -1.09. The summed E-state index contributed by atoms with van der Waals surface area (Å²) in [5, 5.41) is 0. The summed E-state index contributed by atoms with van der Waals surface area (Å²) in [5.41, 5.74) is 1.22. The van der Waals surface area contributed by atoms with Gasteiger partial charge < -0.3 is 9.80 Å². The molecular formula is C19H29FN2. The SMILES string of the molecule is CC(C)(C)C1CN(CC2CCN(c3ccccc3F)CC2)C1. The van der Waals surface area contributed by atoms with Crippen LogP contribution in [0.4, 0.5) is 10.1 Å². The van der Waals surface area contributed by atoms with E-state index >= 15 is 0 Å². The molecule has 1 aromatic rings. The predicted octanol–water partition coefficient (Wildman–Crippen LogP) is 4.02. The zero-order valence-electron chi connectivity index (χ0n) is 14.2. The normalized spacial score (nSPS) is 21.9. The molecule has 0 N–H and O–H groups in total. The summed E-state index contributed by atoms with van der Waals surface area (Å²) >= 11 is 0. The summed E-state index contributed by atoms with van der Waals surface area (Å²) in [6.45, 7) is 12.8. The van der Waals surface area contributed by atoms with Gasteiger partial charge in [-0.05, 0) is 42.2 Å². The zero-order chi connectivity index (χ0) is 15.7. The third kappa shape index (κ3) is 3.45. The minimum Gasteiger partial charge on any atom is -0.369 e. The van der Waals surface area contributed by atoms with Crippen LogP contribution in [0.25, 0.3) is 0 Å². The molecule has 0 amide bonds. The van der Waals surface area contributed by atoms with Gasteiger partial charge in [0.25, 0.3) is 0 Å². The van der Waals surface area contributed by atoms with E-state index < -0.39 is 0 Å². The monoisotopic (exact) mass is 304 g/mol. The molecule has 0 bridgehead atoms. The number of benzene rings is 1. The van der Waals surface area contributed by atoms with Crippen molar-refractivity contribution in [1.82, 2.24) is 4.90 Å². The lowest BCUT2D eigenvalue weighted by molar-refractivity contribution is 0.0115. The van der Waals surface area contributed by atoms with Gasteiger partial charge in [-0.25, -0.2) is 4.39 Å². The van der Waals surface area contributed by atoms with Crippen LogP contribution >= 0.6 is 0 Å². The maximum absolute atomic E-state index is 13.8.